The highest BCUT2D eigenvalue weighted by molar-refractivity contribution is 6.31. The number of nitrogens with one attached hydrogen (secondary N) is 2. The van der Waals surface area contributed by atoms with Crippen LogP contribution in [0.3, 0.4) is 0 Å². The second-order valence-electron chi connectivity index (χ2n) is 3.60. The molecule has 0 atom stereocenters. The van der Waals surface area contributed by atoms with Crippen LogP contribution in [0.5, 0.6) is 0 Å². The Morgan fingerprint density at radius 1 is 1.24 bits per heavy atom. The van der Waals surface area contributed by atoms with Crippen LogP contribution in [-0.2, 0) is 6.42 Å². The van der Waals surface area contributed by atoms with E-state index in [0.29, 0.717) is 25.9 Å². The van der Waals surface area contributed by atoms with E-state index in [1.807, 2.05) is 24.3 Å². The van der Waals surface area contributed by atoms with Crippen molar-refractivity contribution in [2.45, 2.75) is 12.8 Å². The van der Waals surface area contributed by atoms with Crippen molar-refractivity contribution in [3.63, 3.8) is 0 Å². The van der Waals surface area contributed by atoms with Gasteiger partial charge in [0.25, 0.3) is 0 Å². The van der Waals surface area contributed by atoms with Crippen molar-refractivity contribution in [3.05, 3.63) is 34.9 Å². The second-order valence-corrected chi connectivity index (χ2v) is 4.01. The number of rotatable bonds is 6. The third kappa shape index (κ3) is 5.56. The number of hydrogen-bond donors (Lipinski definition) is 3. The van der Waals surface area contributed by atoms with Crippen molar-refractivity contribution in [1.29, 1.82) is 0 Å². The Bertz CT molecular complexity index is 358. The first-order valence-corrected chi connectivity index (χ1v) is 5.98. The van der Waals surface area contributed by atoms with Crippen LogP contribution in [0, 0.1) is 0 Å². The number of amides is 2. The minimum atomic E-state index is -0.217. The van der Waals surface area contributed by atoms with Crippen LogP contribution in [0.1, 0.15) is 12.0 Å². The summed E-state index contributed by atoms with van der Waals surface area (Å²) >= 11 is 5.99. The molecule has 1 aromatic rings. The molecule has 0 fully saturated rings. The van der Waals surface area contributed by atoms with Crippen LogP contribution in [0.25, 0.3) is 0 Å². The summed E-state index contributed by atoms with van der Waals surface area (Å²) in [4.78, 5) is 11.3. The molecule has 3 N–H and O–H groups in total. The van der Waals surface area contributed by atoms with E-state index >= 15 is 0 Å². The van der Waals surface area contributed by atoms with Gasteiger partial charge >= 0.3 is 6.03 Å². The van der Waals surface area contributed by atoms with Crippen LogP contribution in [0.15, 0.2) is 24.3 Å². The van der Waals surface area contributed by atoms with Crippen LogP contribution in [-0.4, -0.2) is 30.8 Å². The maximum absolute atomic E-state index is 11.3. The summed E-state index contributed by atoms with van der Waals surface area (Å²) in [5.74, 6) is 0. The number of carbonyl (C=O) groups is 1. The lowest BCUT2D eigenvalue weighted by molar-refractivity contribution is 0.238. The van der Waals surface area contributed by atoms with Crippen LogP contribution in [0.4, 0.5) is 4.79 Å². The number of hydrogen-bond acceptors (Lipinski definition) is 2. The molecule has 0 aliphatic rings. The molecule has 1 aromatic carbocycles. The van der Waals surface area contributed by atoms with Gasteiger partial charge in [0.15, 0.2) is 0 Å². The monoisotopic (exact) mass is 256 g/mol. The van der Waals surface area contributed by atoms with Gasteiger partial charge in [0.2, 0.25) is 0 Å². The molecule has 0 saturated heterocycles. The van der Waals surface area contributed by atoms with Crippen molar-refractivity contribution >= 4 is 17.6 Å². The summed E-state index contributed by atoms with van der Waals surface area (Å²) in [6, 6.07) is 7.35. The molecule has 0 spiro atoms. The Morgan fingerprint density at radius 3 is 2.65 bits per heavy atom. The fourth-order valence-corrected chi connectivity index (χ4v) is 1.59. The number of benzene rings is 1. The smallest absolute Gasteiger partial charge is 0.314 e. The Labute approximate surface area is 106 Å². The summed E-state index contributed by atoms with van der Waals surface area (Å²) in [7, 11) is 0. The molecule has 2 amide bonds. The number of halogens is 1. The average Bonchev–Trinajstić information content (AvgIpc) is 2.32. The lowest BCUT2D eigenvalue weighted by Gasteiger charge is -2.07. The van der Waals surface area contributed by atoms with Gasteiger partial charge in [-0.1, -0.05) is 29.8 Å². The zero-order chi connectivity index (χ0) is 12.5. The van der Waals surface area contributed by atoms with Gasteiger partial charge in [-0.15, -0.1) is 0 Å². The van der Waals surface area contributed by atoms with Crippen molar-refractivity contribution < 1.29 is 9.90 Å². The van der Waals surface area contributed by atoms with E-state index in [2.05, 4.69) is 10.6 Å². The minimum Gasteiger partial charge on any atom is -0.396 e. The fraction of sp³-hybridized carbons (Fsp3) is 0.417. The maximum Gasteiger partial charge on any atom is 0.314 e. The number of urea groups is 1. The molecule has 4 nitrogen and oxygen atoms in total. The van der Waals surface area contributed by atoms with E-state index in [1.165, 1.54) is 0 Å². The Hall–Kier alpha value is -1.26. The first-order valence-electron chi connectivity index (χ1n) is 5.60. The standard InChI is InChI=1S/C12H17ClN2O2/c13-11-5-2-1-4-10(11)6-8-15-12(17)14-7-3-9-16/h1-2,4-5,16H,3,6-9H2,(H2,14,15,17). The molecular weight excluding hydrogens is 240 g/mol. The van der Waals surface area contributed by atoms with E-state index in [9.17, 15) is 4.79 Å². The van der Waals surface area contributed by atoms with Crippen LogP contribution >= 0.6 is 11.6 Å². The maximum atomic E-state index is 11.3. The molecule has 1 rings (SSSR count). The predicted molar refractivity (Wildman–Crippen MR) is 68.3 cm³/mol. The number of aliphatic hydroxyl groups is 1. The van der Waals surface area contributed by atoms with Gasteiger partial charge in [-0.3, -0.25) is 0 Å². The first-order chi connectivity index (χ1) is 8.24. The molecule has 5 heteroatoms. The van der Waals surface area contributed by atoms with E-state index in [0.717, 1.165) is 10.6 Å². The van der Waals surface area contributed by atoms with Gasteiger partial charge in [-0.05, 0) is 24.5 Å². The Kier molecular flexibility index (Phi) is 6.43. The summed E-state index contributed by atoms with van der Waals surface area (Å²) in [6.45, 7) is 1.10. The average molecular weight is 257 g/mol. The van der Waals surface area contributed by atoms with E-state index in [4.69, 9.17) is 16.7 Å². The second kappa shape index (κ2) is 7.92. The van der Waals surface area contributed by atoms with Crippen molar-refractivity contribution in [2.75, 3.05) is 19.7 Å². The quantitative estimate of drug-likeness (QED) is 0.677. The Balaban J connectivity index is 2.19. The lowest BCUT2D eigenvalue weighted by Crippen LogP contribution is -2.37. The third-order valence-corrected chi connectivity index (χ3v) is 2.63. The molecule has 0 aliphatic heterocycles. The van der Waals surface area contributed by atoms with E-state index in [1.54, 1.807) is 0 Å². The largest absolute Gasteiger partial charge is 0.396 e. The van der Waals surface area contributed by atoms with Gasteiger partial charge in [0.05, 0.1) is 0 Å². The van der Waals surface area contributed by atoms with E-state index < -0.39 is 0 Å². The summed E-state index contributed by atoms with van der Waals surface area (Å²) in [5, 5.41) is 14.6. The van der Waals surface area contributed by atoms with Crippen molar-refractivity contribution in [1.82, 2.24) is 10.6 Å². The highest BCUT2D eigenvalue weighted by Crippen LogP contribution is 2.14. The molecule has 94 valence electrons. The summed E-state index contributed by atoms with van der Waals surface area (Å²) < 4.78 is 0. The zero-order valence-electron chi connectivity index (χ0n) is 9.58. The highest BCUT2D eigenvalue weighted by Gasteiger charge is 2.01. The normalized spacial score (nSPS) is 10.0. The van der Waals surface area contributed by atoms with Gasteiger partial charge < -0.3 is 15.7 Å². The molecule has 0 bridgehead atoms. The molecule has 0 heterocycles. The molecule has 17 heavy (non-hydrogen) atoms. The fourth-order valence-electron chi connectivity index (χ4n) is 1.36. The third-order valence-electron chi connectivity index (χ3n) is 2.26. The zero-order valence-corrected chi connectivity index (χ0v) is 10.3. The molecule has 0 aliphatic carbocycles. The van der Waals surface area contributed by atoms with Gasteiger partial charge in [0, 0.05) is 24.7 Å². The van der Waals surface area contributed by atoms with Crippen LogP contribution < -0.4 is 10.6 Å². The SMILES string of the molecule is O=C(NCCCO)NCCc1ccccc1Cl. The Morgan fingerprint density at radius 2 is 1.94 bits per heavy atom. The molecule has 0 unspecified atom stereocenters. The predicted octanol–water partition coefficient (Wildman–Crippen LogP) is 1.56. The van der Waals surface area contributed by atoms with Crippen LogP contribution in [0.2, 0.25) is 5.02 Å². The number of aliphatic hydroxyl groups excluding tert-OH is 1. The topological polar surface area (TPSA) is 61.4 Å². The van der Waals surface area contributed by atoms with Gasteiger partial charge in [0.1, 0.15) is 0 Å². The minimum absolute atomic E-state index is 0.0832. The van der Waals surface area contributed by atoms with Gasteiger partial charge in [-0.2, -0.15) is 0 Å². The van der Waals surface area contributed by atoms with Gasteiger partial charge in [-0.25, -0.2) is 4.79 Å². The van der Waals surface area contributed by atoms with Crippen molar-refractivity contribution in [3.8, 4) is 0 Å². The molecule has 0 saturated carbocycles. The first kappa shape index (κ1) is 13.8. The summed E-state index contributed by atoms with van der Waals surface area (Å²) in [6.07, 6.45) is 1.27. The molecule has 0 aromatic heterocycles. The molecular formula is C12H17ClN2O2. The number of carbonyl (C=O) groups excluding carboxylic acids is 1. The van der Waals surface area contributed by atoms with Crippen molar-refractivity contribution in [2.24, 2.45) is 0 Å². The molecule has 0 radical (unpaired) electrons. The lowest BCUT2D eigenvalue weighted by atomic mass is 10.1. The summed E-state index contributed by atoms with van der Waals surface area (Å²) in [5.41, 5.74) is 1.02. The highest BCUT2D eigenvalue weighted by atomic mass is 35.5. The van der Waals surface area contributed by atoms with E-state index in [-0.39, 0.29) is 12.6 Å².